The third kappa shape index (κ3) is 12.5. The molecule has 0 aromatic carbocycles. The second-order valence-electron chi connectivity index (χ2n) is 10.3. The first-order valence-corrected chi connectivity index (χ1v) is 12.5. The van der Waals surface area contributed by atoms with Gasteiger partial charge in [-0.3, -0.25) is 24.1 Å². The second kappa shape index (κ2) is 14.4. The summed E-state index contributed by atoms with van der Waals surface area (Å²) in [6, 6.07) is 0. The third-order valence-electron chi connectivity index (χ3n) is 6.13. The standard InChI is InChI=1S/C25H45N3O6/c1-7-19(2)18-27-21(30)11-16-33-25(5,6)13-17-34-24(3,4)12-14-26-20(29)10-15-28-22(31)8-9-23(28)32/h19H,7-18H2,1-6H3,(H,26,29)(H,27,30). The van der Waals surface area contributed by atoms with Crippen molar-refractivity contribution in [1.82, 2.24) is 15.5 Å². The molecule has 1 rings (SSSR count). The molecule has 1 saturated heterocycles. The maximum Gasteiger partial charge on any atom is 0.229 e. The van der Waals surface area contributed by atoms with Gasteiger partial charge in [-0.1, -0.05) is 20.3 Å². The van der Waals surface area contributed by atoms with E-state index in [-0.39, 0.29) is 49.4 Å². The first kappa shape index (κ1) is 30.0. The molecule has 2 N–H and O–H groups in total. The van der Waals surface area contributed by atoms with Crippen LogP contribution in [0.15, 0.2) is 0 Å². The Labute approximate surface area is 204 Å². The molecule has 9 nitrogen and oxygen atoms in total. The quantitative estimate of drug-likeness (QED) is 0.307. The van der Waals surface area contributed by atoms with Crippen LogP contribution in [-0.2, 0) is 28.7 Å². The minimum absolute atomic E-state index is 0.00848. The summed E-state index contributed by atoms with van der Waals surface area (Å²) in [7, 11) is 0. The zero-order valence-corrected chi connectivity index (χ0v) is 22.0. The lowest BCUT2D eigenvalue weighted by atomic mass is 10.0. The molecule has 0 aromatic heterocycles. The molecule has 196 valence electrons. The lowest BCUT2D eigenvalue weighted by Gasteiger charge is -2.30. The van der Waals surface area contributed by atoms with E-state index in [0.29, 0.717) is 51.5 Å². The molecule has 0 radical (unpaired) electrons. The van der Waals surface area contributed by atoms with E-state index in [1.54, 1.807) is 0 Å². The Kier molecular flexibility index (Phi) is 12.7. The average molecular weight is 484 g/mol. The van der Waals surface area contributed by atoms with Crippen LogP contribution < -0.4 is 10.6 Å². The van der Waals surface area contributed by atoms with E-state index in [1.165, 1.54) is 0 Å². The van der Waals surface area contributed by atoms with Gasteiger partial charge in [-0.15, -0.1) is 0 Å². The predicted octanol–water partition coefficient (Wildman–Crippen LogP) is 2.56. The molecule has 34 heavy (non-hydrogen) atoms. The summed E-state index contributed by atoms with van der Waals surface area (Å²) in [6.45, 7) is 14.2. The molecule has 1 atom stereocenters. The van der Waals surface area contributed by atoms with Gasteiger partial charge in [0.2, 0.25) is 23.6 Å². The summed E-state index contributed by atoms with van der Waals surface area (Å²) in [4.78, 5) is 48.3. The zero-order chi connectivity index (χ0) is 25.8. The molecule has 0 aliphatic carbocycles. The van der Waals surface area contributed by atoms with Gasteiger partial charge in [0, 0.05) is 45.3 Å². The van der Waals surface area contributed by atoms with Crippen molar-refractivity contribution in [2.24, 2.45) is 5.92 Å². The minimum Gasteiger partial charge on any atom is -0.375 e. The van der Waals surface area contributed by atoms with Crippen LogP contribution in [0.25, 0.3) is 0 Å². The first-order valence-electron chi connectivity index (χ1n) is 12.5. The number of nitrogens with one attached hydrogen (secondary N) is 2. The predicted molar refractivity (Wildman–Crippen MR) is 130 cm³/mol. The first-order chi connectivity index (χ1) is 15.8. The fourth-order valence-corrected chi connectivity index (χ4v) is 3.34. The number of amides is 4. The van der Waals surface area contributed by atoms with Crippen LogP contribution in [0.1, 0.15) is 86.5 Å². The zero-order valence-electron chi connectivity index (χ0n) is 22.0. The summed E-state index contributed by atoms with van der Waals surface area (Å²) in [5, 5.41) is 5.76. The molecule has 1 aliphatic rings. The van der Waals surface area contributed by atoms with E-state index in [0.717, 1.165) is 11.3 Å². The van der Waals surface area contributed by atoms with Crippen LogP contribution in [0.3, 0.4) is 0 Å². The molecule has 0 aromatic rings. The average Bonchev–Trinajstić information content (AvgIpc) is 3.07. The maximum absolute atomic E-state index is 12.0. The number of carbonyl (C=O) groups is 4. The number of nitrogens with zero attached hydrogens (tertiary/aromatic N) is 1. The Morgan fingerprint density at radius 3 is 2.09 bits per heavy atom. The van der Waals surface area contributed by atoms with E-state index in [9.17, 15) is 19.2 Å². The van der Waals surface area contributed by atoms with Gasteiger partial charge in [-0.2, -0.15) is 0 Å². The molecule has 9 heteroatoms. The highest BCUT2D eigenvalue weighted by atomic mass is 16.5. The summed E-state index contributed by atoms with van der Waals surface area (Å²) in [5.74, 6) is -0.116. The highest BCUT2D eigenvalue weighted by Gasteiger charge is 2.29. The molecule has 1 fully saturated rings. The van der Waals surface area contributed by atoms with Crippen molar-refractivity contribution >= 4 is 23.6 Å². The van der Waals surface area contributed by atoms with Crippen LogP contribution in [-0.4, -0.2) is 72.6 Å². The Morgan fingerprint density at radius 1 is 0.912 bits per heavy atom. The van der Waals surface area contributed by atoms with Gasteiger partial charge in [0.25, 0.3) is 0 Å². The van der Waals surface area contributed by atoms with Crippen molar-refractivity contribution in [2.45, 2.75) is 97.7 Å². The fraction of sp³-hybridized carbons (Fsp3) is 0.840. The second-order valence-corrected chi connectivity index (χ2v) is 10.3. The number of ether oxygens (including phenoxy) is 2. The molecule has 0 spiro atoms. The van der Waals surface area contributed by atoms with Gasteiger partial charge in [0.05, 0.1) is 24.4 Å². The van der Waals surface area contributed by atoms with Crippen molar-refractivity contribution in [3.8, 4) is 0 Å². The van der Waals surface area contributed by atoms with E-state index in [4.69, 9.17) is 9.47 Å². The molecule has 0 saturated carbocycles. The summed E-state index contributed by atoms with van der Waals surface area (Å²) in [5.41, 5.74) is -0.841. The van der Waals surface area contributed by atoms with Crippen molar-refractivity contribution in [3.63, 3.8) is 0 Å². The number of carbonyl (C=O) groups excluding carboxylic acids is 4. The van der Waals surface area contributed by atoms with Crippen LogP contribution >= 0.6 is 0 Å². The summed E-state index contributed by atoms with van der Waals surface area (Å²) in [6.07, 6.45) is 3.26. The Bertz CT molecular complexity index is 676. The normalized spacial score (nSPS) is 15.5. The number of likely N-dealkylation sites (tertiary alicyclic amines) is 1. The van der Waals surface area contributed by atoms with Gasteiger partial charge >= 0.3 is 0 Å². The van der Waals surface area contributed by atoms with Crippen molar-refractivity contribution in [2.75, 3.05) is 32.8 Å². The van der Waals surface area contributed by atoms with Gasteiger partial charge in [0.1, 0.15) is 0 Å². The SMILES string of the molecule is CCC(C)CNC(=O)CCOC(C)(C)CCOC(C)(C)CCNC(=O)CCN1C(=O)CCC1=O. The summed E-state index contributed by atoms with van der Waals surface area (Å²) < 4.78 is 11.9. The van der Waals surface area contributed by atoms with Crippen LogP contribution in [0.2, 0.25) is 0 Å². The number of hydrogen-bond acceptors (Lipinski definition) is 6. The molecular formula is C25H45N3O6. The van der Waals surface area contributed by atoms with Gasteiger partial charge in [-0.25, -0.2) is 0 Å². The van der Waals surface area contributed by atoms with Crippen molar-refractivity contribution < 1.29 is 28.7 Å². The monoisotopic (exact) mass is 483 g/mol. The number of rotatable bonds is 17. The van der Waals surface area contributed by atoms with Gasteiger partial charge in [-0.05, 0) is 46.5 Å². The Hall–Kier alpha value is -2.00. The third-order valence-corrected chi connectivity index (χ3v) is 6.13. The topological polar surface area (TPSA) is 114 Å². The highest BCUT2D eigenvalue weighted by Crippen LogP contribution is 2.19. The number of imide groups is 1. The Balaban J connectivity index is 2.18. The molecule has 4 amide bonds. The van der Waals surface area contributed by atoms with E-state index >= 15 is 0 Å². The van der Waals surface area contributed by atoms with Gasteiger partial charge < -0.3 is 20.1 Å². The van der Waals surface area contributed by atoms with Crippen molar-refractivity contribution in [1.29, 1.82) is 0 Å². The van der Waals surface area contributed by atoms with Crippen LogP contribution in [0.4, 0.5) is 0 Å². The van der Waals surface area contributed by atoms with E-state index in [1.807, 2.05) is 27.7 Å². The van der Waals surface area contributed by atoms with E-state index < -0.39 is 11.2 Å². The molecule has 0 bridgehead atoms. The van der Waals surface area contributed by atoms with Crippen LogP contribution in [0, 0.1) is 5.92 Å². The fourth-order valence-electron chi connectivity index (χ4n) is 3.34. The number of hydrogen-bond donors (Lipinski definition) is 2. The smallest absolute Gasteiger partial charge is 0.229 e. The lowest BCUT2D eigenvalue weighted by molar-refractivity contribution is -0.138. The minimum atomic E-state index is -0.430. The molecule has 1 aliphatic heterocycles. The molecule has 1 heterocycles. The van der Waals surface area contributed by atoms with Crippen molar-refractivity contribution in [3.05, 3.63) is 0 Å². The van der Waals surface area contributed by atoms with E-state index in [2.05, 4.69) is 24.5 Å². The highest BCUT2D eigenvalue weighted by molar-refractivity contribution is 6.02. The van der Waals surface area contributed by atoms with Gasteiger partial charge in [0.15, 0.2) is 0 Å². The molecular weight excluding hydrogens is 438 g/mol. The maximum atomic E-state index is 12.0. The largest absolute Gasteiger partial charge is 0.375 e. The molecule has 1 unspecified atom stereocenters. The Morgan fingerprint density at radius 2 is 1.47 bits per heavy atom. The van der Waals surface area contributed by atoms with Crippen LogP contribution in [0.5, 0.6) is 0 Å². The summed E-state index contributed by atoms with van der Waals surface area (Å²) >= 11 is 0. The lowest BCUT2D eigenvalue weighted by Crippen LogP contribution is -2.37.